The average molecular weight is 223 g/mol. The van der Waals surface area contributed by atoms with Crippen LogP contribution in [0.1, 0.15) is 5.56 Å². The maximum atomic E-state index is 11.2. The Labute approximate surface area is 98.2 Å². The molecule has 0 aliphatic rings. The molecular weight excluding hydrogens is 214 g/mol. The smallest absolute Gasteiger partial charge is 0.220 e. The minimum Gasteiger partial charge on any atom is -0.504 e. The second-order valence-electron chi connectivity index (χ2n) is 3.56. The Hall–Kier alpha value is -2.60. The highest BCUT2D eigenvalue weighted by atomic mass is 16.3. The van der Waals surface area contributed by atoms with Crippen LogP contribution in [0.4, 0.5) is 0 Å². The molecular formula is C14H9NO2. The van der Waals surface area contributed by atoms with Crippen molar-refractivity contribution >= 4 is 0 Å². The van der Waals surface area contributed by atoms with Gasteiger partial charge < -0.3 is 5.11 Å². The Balaban J connectivity index is 2.51. The van der Waals surface area contributed by atoms with Crippen LogP contribution < -0.4 is 5.43 Å². The molecule has 0 saturated carbocycles. The number of nitrogens with zero attached hydrogens (tertiary/aromatic N) is 1. The molecule has 0 radical (unpaired) electrons. The Kier molecular flexibility index (Phi) is 2.89. The van der Waals surface area contributed by atoms with Crippen molar-refractivity contribution < 1.29 is 5.11 Å². The van der Waals surface area contributed by atoms with E-state index in [2.05, 4.69) is 0 Å². The topological polar surface area (TPSA) is 61.1 Å². The fraction of sp³-hybridized carbons (Fsp3) is 0. The van der Waals surface area contributed by atoms with Gasteiger partial charge in [-0.1, -0.05) is 24.3 Å². The van der Waals surface area contributed by atoms with Crippen LogP contribution in [0.3, 0.4) is 0 Å². The molecule has 3 nitrogen and oxygen atoms in total. The van der Waals surface area contributed by atoms with Gasteiger partial charge in [0.15, 0.2) is 5.75 Å². The zero-order valence-electron chi connectivity index (χ0n) is 8.92. The lowest BCUT2D eigenvalue weighted by atomic mass is 10.1. The van der Waals surface area contributed by atoms with Crippen LogP contribution in [-0.2, 0) is 0 Å². The summed E-state index contributed by atoms with van der Waals surface area (Å²) in [6.45, 7) is 0. The van der Waals surface area contributed by atoms with Crippen LogP contribution in [0.5, 0.6) is 5.75 Å². The summed E-state index contributed by atoms with van der Waals surface area (Å²) >= 11 is 0. The van der Waals surface area contributed by atoms with Crippen molar-refractivity contribution in [3.05, 3.63) is 64.3 Å². The van der Waals surface area contributed by atoms with Crippen molar-refractivity contribution in [3.8, 4) is 22.9 Å². The van der Waals surface area contributed by atoms with Crippen molar-refractivity contribution in [2.75, 3.05) is 0 Å². The highest BCUT2D eigenvalue weighted by molar-refractivity contribution is 5.64. The third-order valence-corrected chi connectivity index (χ3v) is 2.43. The standard InChI is InChI=1S/C14H9NO2/c15-9-10-1-3-11(4-2-10)12-5-7-13(16)14(17)8-6-12/h1-8H,(H,16,17). The van der Waals surface area contributed by atoms with E-state index < -0.39 is 5.43 Å². The normalized spacial score (nSPS) is 9.59. The second-order valence-corrected chi connectivity index (χ2v) is 3.56. The fourth-order valence-corrected chi connectivity index (χ4v) is 1.49. The molecule has 0 atom stereocenters. The molecule has 2 rings (SSSR count). The number of hydrogen-bond acceptors (Lipinski definition) is 3. The number of nitriles is 1. The van der Waals surface area contributed by atoms with Gasteiger partial charge in [0.2, 0.25) is 5.43 Å². The van der Waals surface area contributed by atoms with E-state index in [1.807, 2.05) is 6.07 Å². The largest absolute Gasteiger partial charge is 0.504 e. The molecule has 0 unspecified atom stereocenters. The Morgan fingerprint density at radius 2 is 1.41 bits per heavy atom. The first-order valence-corrected chi connectivity index (χ1v) is 5.04. The molecule has 0 spiro atoms. The van der Waals surface area contributed by atoms with E-state index in [-0.39, 0.29) is 5.75 Å². The minimum absolute atomic E-state index is 0.273. The number of aromatic hydroxyl groups is 1. The van der Waals surface area contributed by atoms with Gasteiger partial charge >= 0.3 is 0 Å². The molecule has 3 heteroatoms. The van der Waals surface area contributed by atoms with Crippen LogP contribution in [0.15, 0.2) is 53.3 Å². The molecule has 0 saturated heterocycles. The highest BCUT2D eigenvalue weighted by Gasteiger charge is 1.98. The summed E-state index contributed by atoms with van der Waals surface area (Å²) in [5.41, 5.74) is 1.87. The number of rotatable bonds is 1. The van der Waals surface area contributed by atoms with E-state index in [9.17, 15) is 9.90 Å². The molecule has 0 bridgehead atoms. The van der Waals surface area contributed by atoms with Gasteiger partial charge in [-0.25, -0.2) is 0 Å². The minimum atomic E-state index is -0.412. The van der Waals surface area contributed by atoms with E-state index in [0.29, 0.717) is 5.56 Å². The molecule has 1 N–H and O–H groups in total. The van der Waals surface area contributed by atoms with Gasteiger partial charge in [-0.15, -0.1) is 0 Å². The van der Waals surface area contributed by atoms with Gasteiger partial charge in [0.25, 0.3) is 0 Å². The zero-order valence-corrected chi connectivity index (χ0v) is 8.92. The lowest BCUT2D eigenvalue weighted by molar-refractivity contribution is 0.471. The quantitative estimate of drug-likeness (QED) is 0.806. The Bertz CT molecular complexity index is 640. The summed E-state index contributed by atoms with van der Waals surface area (Å²) in [5.74, 6) is -0.273. The molecule has 0 amide bonds. The Morgan fingerprint density at radius 1 is 0.882 bits per heavy atom. The van der Waals surface area contributed by atoms with Gasteiger partial charge in [0, 0.05) is 0 Å². The molecule has 2 aromatic rings. The van der Waals surface area contributed by atoms with Gasteiger partial charge in [-0.2, -0.15) is 5.26 Å². The lowest BCUT2D eigenvalue weighted by Crippen LogP contribution is -1.91. The predicted octanol–water partition coefficient (Wildman–Crippen LogP) is 2.29. The fourth-order valence-electron chi connectivity index (χ4n) is 1.49. The number of hydrogen-bond donors (Lipinski definition) is 1. The van der Waals surface area contributed by atoms with Crippen molar-refractivity contribution in [2.24, 2.45) is 0 Å². The molecule has 82 valence electrons. The van der Waals surface area contributed by atoms with E-state index in [4.69, 9.17) is 5.26 Å². The Morgan fingerprint density at radius 3 is 2.00 bits per heavy atom. The van der Waals surface area contributed by atoms with Gasteiger partial charge in [0.1, 0.15) is 0 Å². The SMILES string of the molecule is N#Cc1ccc(-c2ccc(O)c(=O)cc2)cc1. The van der Waals surface area contributed by atoms with Crippen LogP contribution in [0.25, 0.3) is 11.1 Å². The molecule has 0 aromatic heterocycles. The maximum Gasteiger partial charge on any atom is 0.220 e. The molecule has 17 heavy (non-hydrogen) atoms. The van der Waals surface area contributed by atoms with Crippen molar-refractivity contribution in [1.82, 2.24) is 0 Å². The predicted molar refractivity (Wildman–Crippen MR) is 64.5 cm³/mol. The second kappa shape index (κ2) is 4.50. The lowest BCUT2D eigenvalue weighted by Gasteiger charge is -1.98. The van der Waals surface area contributed by atoms with Crippen LogP contribution >= 0.6 is 0 Å². The summed E-state index contributed by atoms with van der Waals surface area (Å²) < 4.78 is 0. The third-order valence-electron chi connectivity index (χ3n) is 2.43. The van der Waals surface area contributed by atoms with Crippen LogP contribution in [0, 0.1) is 11.3 Å². The van der Waals surface area contributed by atoms with Crippen LogP contribution in [0.2, 0.25) is 0 Å². The van der Waals surface area contributed by atoms with Crippen molar-refractivity contribution in [3.63, 3.8) is 0 Å². The molecule has 0 heterocycles. The van der Waals surface area contributed by atoms with Crippen molar-refractivity contribution in [2.45, 2.75) is 0 Å². The van der Waals surface area contributed by atoms with E-state index in [1.54, 1.807) is 36.4 Å². The van der Waals surface area contributed by atoms with Gasteiger partial charge in [0.05, 0.1) is 11.6 Å². The summed E-state index contributed by atoms with van der Waals surface area (Å²) in [6, 6.07) is 15.1. The molecule has 0 aliphatic heterocycles. The van der Waals surface area contributed by atoms with Gasteiger partial charge in [-0.05, 0) is 35.4 Å². The molecule has 0 aliphatic carbocycles. The van der Waals surface area contributed by atoms with E-state index in [0.717, 1.165) is 11.1 Å². The van der Waals surface area contributed by atoms with E-state index in [1.165, 1.54) is 12.1 Å². The maximum absolute atomic E-state index is 11.2. The average Bonchev–Trinajstić information content (AvgIpc) is 2.53. The monoisotopic (exact) mass is 223 g/mol. The summed E-state index contributed by atoms with van der Waals surface area (Å²) in [5, 5.41) is 18.0. The first-order valence-electron chi connectivity index (χ1n) is 5.04. The highest BCUT2D eigenvalue weighted by Crippen LogP contribution is 2.19. The zero-order chi connectivity index (χ0) is 12.3. The summed E-state index contributed by atoms with van der Waals surface area (Å²) in [7, 11) is 0. The first-order chi connectivity index (χ1) is 8.20. The molecule has 2 aromatic carbocycles. The third kappa shape index (κ3) is 2.32. The number of benzene rings is 1. The van der Waals surface area contributed by atoms with Crippen molar-refractivity contribution in [1.29, 1.82) is 5.26 Å². The summed E-state index contributed by atoms with van der Waals surface area (Å²) in [6.07, 6.45) is 0. The first kappa shape index (κ1) is 10.9. The molecule has 0 fully saturated rings. The summed E-state index contributed by atoms with van der Waals surface area (Å²) in [4.78, 5) is 11.2. The van der Waals surface area contributed by atoms with Crippen LogP contribution in [-0.4, -0.2) is 5.11 Å². The van der Waals surface area contributed by atoms with E-state index >= 15 is 0 Å². The van der Waals surface area contributed by atoms with Gasteiger partial charge in [-0.3, -0.25) is 4.79 Å².